The van der Waals surface area contributed by atoms with E-state index in [4.69, 9.17) is 0 Å². The lowest BCUT2D eigenvalue weighted by atomic mass is 10.1. The molecule has 1 nitrogen and oxygen atoms in total. The number of hydrogen-bond donors (Lipinski definition) is 1. The molecular weight excluding hydrogens is 257 g/mol. The molecule has 15 heavy (non-hydrogen) atoms. The van der Waals surface area contributed by atoms with Crippen molar-refractivity contribution >= 4 is 37.7 Å². The van der Waals surface area contributed by atoms with Crippen LogP contribution in [0.3, 0.4) is 0 Å². The van der Waals surface area contributed by atoms with Gasteiger partial charge in [-0.3, -0.25) is 0 Å². The highest BCUT2D eigenvalue weighted by atomic mass is 79.9. The molecule has 0 saturated heterocycles. The van der Waals surface area contributed by atoms with Crippen LogP contribution in [0.2, 0.25) is 0 Å². The zero-order chi connectivity index (χ0) is 10.4. The number of H-pyrrole nitrogens is 1. The van der Waals surface area contributed by atoms with Crippen molar-refractivity contribution in [3.63, 3.8) is 0 Å². The summed E-state index contributed by atoms with van der Waals surface area (Å²) in [5.41, 5.74) is 1.84. The van der Waals surface area contributed by atoms with Gasteiger partial charge in [-0.2, -0.15) is 0 Å². The second-order valence-corrected chi connectivity index (χ2v) is 4.33. The van der Waals surface area contributed by atoms with E-state index in [2.05, 4.69) is 20.9 Å². The van der Waals surface area contributed by atoms with Gasteiger partial charge in [-0.1, -0.05) is 12.1 Å². The van der Waals surface area contributed by atoms with Gasteiger partial charge < -0.3 is 4.98 Å². The van der Waals surface area contributed by atoms with Crippen molar-refractivity contribution in [2.45, 2.75) is 0 Å². The summed E-state index contributed by atoms with van der Waals surface area (Å²) in [6, 6.07) is 10.8. The van der Waals surface area contributed by atoms with E-state index in [0.29, 0.717) is 0 Å². The number of halogens is 2. The third-order valence-electron chi connectivity index (χ3n) is 2.55. The standard InChI is InChI=1S/C12H7BrFN/c13-10-3-1-2-9-8-5-4-7(14)6-11(8)15-12(9)10/h1-6,15H. The molecule has 3 aromatic rings. The van der Waals surface area contributed by atoms with Crippen LogP contribution in [0.1, 0.15) is 0 Å². The number of aromatic nitrogens is 1. The van der Waals surface area contributed by atoms with E-state index < -0.39 is 0 Å². The molecule has 0 aliphatic carbocycles. The summed E-state index contributed by atoms with van der Waals surface area (Å²) in [6.45, 7) is 0. The molecule has 0 radical (unpaired) electrons. The summed E-state index contributed by atoms with van der Waals surface area (Å²) < 4.78 is 14.0. The van der Waals surface area contributed by atoms with Crippen molar-refractivity contribution in [3.05, 3.63) is 46.7 Å². The van der Waals surface area contributed by atoms with Gasteiger partial charge in [0.1, 0.15) is 5.82 Å². The van der Waals surface area contributed by atoms with E-state index in [1.54, 1.807) is 6.07 Å². The summed E-state index contributed by atoms with van der Waals surface area (Å²) in [5, 5.41) is 2.16. The number of rotatable bonds is 0. The van der Waals surface area contributed by atoms with E-state index in [-0.39, 0.29) is 5.82 Å². The second-order valence-electron chi connectivity index (χ2n) is 3.48. The quantitative estimate of drug-likeness (QED) is 0.625. The number of para-hydroxylation sites is 1. The van der Waals surface area contributed by atoms with E-state index in [9.17, 15) is 4.39 Å². The highest BCUT2D eigenvalue weighted by molar-refractivity contribution is 9.10. The predicted octanol–water partition coefficient (Wildman–Crippen LogP) is 4.22. The molecule has 74 valence electrons. The maximum Gasteiger partial charge on any atom is 0.125 e. The van der Waals surface area contributed by atoms with Crippen molar-refractivity contribution in [1.82, 2.24) is 4.98 Å². The molecule has 0 saturated carbocycles. The van der Waals surface area contributed by atoms with Crippen LogP contribution >= 0.6 is 15.9 Å². The Labute approximate surface area is 94.0 Å². The average Bonchev–Trinajstić information content (AvgIpc) is 2.57. The van der Waals surface area contributed by atoms with Crippen molar-refractivity contribution in [1.29, 1.82) is 0 Å². The molecule has 0 unspecified atom stereocenters. The van der Waals surface area contributed by atoms with Crippen LogP contribution in [-0.4, -0.2) is 4.98 Å². The van der Waals surface area contributed by atoms with Crippen molar-refractivity contribution in [2.24, 2.45) is 0 Å². The van der Waals surface area contributed by atoms with Crippen LogP contribution in [-0.2, 0) is 0 Å². The van der Waals surface area contributed by atoms with Gasteiger partial charge in [-0.05, 0) is 40.2 Å². The normalized spacial score (nSPS) is 11.3. The number of benzene rings is 2. The first-order valence-electron chi connectivity index (χ1n) is 4.61. The molecule has 1 N–H and O–H groups in total. The van der Waals surface area contributed by atoms with Gasteiger partial charge in [-0.25, -0.2) is 4.39 Å². The fraction of sp³-hybridized carbons (Fsp3) is 0. The lowest BCUT2D eigenvalue weighted by Crippen LogP contribution is -1.71. The molecule has 0 atom stereocenters. The SMILES string of the molecule is Fc1ccc2c(c1)[nH]c1c(Br)cccc12. The molecule has 0 spiro atoms. The van der Waals surface area contributed by atoms with E-state index in [1.807, 2.05) is 18.2 Å². The Hall–Kier alpha value is -1.35. The Bertz CT molecular complexity index is 657. The molecule has 0 aliphatic rings. The fourth-order valence-corrected chi connectivity index (χ4v) is 2.33. The van der Waals surface area contributed by atoms with Gasteiger partial charge in [0, 0.05) is 20.8 Å². The summed E-state index contributed by atoms with van der Waals surface area (Å²) in [6.07, 6.45) is 0. The minimum absolute atomic E-state index is 0.217. The lowest BCUT2D eigenvalue weighted by molar-refractivity contribution is 0.629. The molecule has 3 rings (SSSR count). The zero-order valence-electron chi connectivity index (χ0n) is 7.72. The van der Waals surface area contributed by atoms with Crippen LogP contribution in [0.15, 0.2) is 40.9 Å². The lowest BCUT2D eigenvalue weighted by Gasteiger charge is -1.92. The van der Waals surface area contributed by atoms with Crippen LogP contribution in [0.5, 0.6) is 0 Å². The molecule has 2 aromatic carbocycles. The third kappa shape index (κ3) is 1.27. The van der Waals surface area contributed by atoms with Gasteiger partial charge in [0.05, 0.1) is 5.52 Å². The molecule has 0 fully saturated rings. The predicted molar refractivity (Wildman–Crippen MR) is 63.5 cm³/mol. The highest BCUT2D eigenvalue weighted by Gasteiger charge is 2.06. The van der Waals surface area contributed by atoms with Crippen LogP contribution in [0, 0.1) is 5.82 Å². The number of nitrogens with one attached hydrogen (secondary N) is 1. The van der Waals surface area contributed by atoms with Gasteiger partial charge >= 0.3 is 0 Å². The Morgan fingerprint density at radius 1 is 1.07 bits per heavy atom. The summed E-state index contributed by atoms with van der Waals surface area (Å²) in [4.78, 5) is 3.20. The molecule has 1 aromatic heterocycles. The molecule has 0 bridgehead atoms. The smallest absolute Gasteiger partial charge is 0.125 e. The van der Waals surface area contributed by atoms with Gasteiger partial charge in [0.2, 0.25) is 0 Å². The molecular formula is C12H7BrFN. The number of fused-ring (bicyclic) bond motifs is 3. The molecule has 0 aliphatic heterocycles. The Kier molecular flexibility index (Phi) is 1.83. The first-order chi connectivity index (χ1) is 7.25. The molecule has 3 heteroatoms. The van der Waals surface area contributed by atoms with Gasteiger partial charge in [0.25, 0.3) is 0 Å². The highest BCUT2D eigenvalue weighted by Crippen LogP contribution is 2.30. The minimum atomic E-state index is -0.217. The average molecular weight is 264 g/mol. The van der Waals surface area contributed by atoms with E-state index in [0.717, 1.165) is 26.3 Å². The van der Waals surface area contributed by atoms with Crippen molar-refractivity contribution < 1.29 is 4.39 Å². The van der Waals surface area contributed by atoms with Crippen LogP contribution in [0.4, 0.5) is 4.39 Å². The topological polar surface area (TPSA) is 15.8 Å². The summed E-state index contributed by atoms with van der Waals surface area (Å²) >= 11 is 3.47. The Balaban J connectivity index is 2.57. The van der Waals surface area contributed by atoms with E-state index >= 15 is 0 Å². The monoisotopic (exact) mass is 263 g/mol. The molecule has 0 amide bonds. The first-order valence-corrected chi connectivity index (χ1v) is 5.40. The van der Waals surface area contributed by atoms with E-state index in [1.165, 1.54) is 12.1 Å². The van der Waals surface area contributed by atoms with Crippen molar-refractivity contribution in [2.75, 3.05) is 0 Å². The Morgan fingerprint density at radius 3 is 2.80 bits per heavy atom. The second kappa shape index (κ2) is 3.07. The first kappa shape index (κ1) is 8.92. The van der Waals surface area contributed by atoms with Gasteiger partial charge in [-0.15, -0.1) is 0 Å². The van der Waals surface area contributed by atoms with Crippen LogP contribution in [0.25, 0.3) is 21.8 Å². The van der Waals surface area contributed by atoms with Gasteiger partial charge in [0.15, 0.2) is 0 Å². The zero-order valence-corrected chi connectivity index (χ0v) is 9.31. The van der Waals surface area contributed by atoms with Crippen molar-refractivity contribution in [3.8, 4) is 0 Å². The minimum Gasteiger partial charge on any atom is -0.354 e. The Morgan fingerprint density at radius 2 is 1.93 bits per heavy atom. The largest absolute Gasteiger partial charge is 0.354 e. The summed E-state index contributed by atoms with van der Waals surface area (Å²) in [5.74, 6) is -0.217. The number of hydrogen-bond acceptors (Lipinski definition) is 0. The fourth-order valence-electron chi connectivity index (χ4n) is 1.87. The van der Waals surface area contributed by atoms with Crippen LogP contribution < -0.4 is 0 Å². The molecule has 1 heterocycles. The maximum absolute atomic E-state index is 13.0. The number of aromatic amines is 1. The summed E-state index contributed by atoms with van der Waals surface area (Å²) in [7, 11) is 0. The third-order valence-corrected chi connectivity index (χ3v) is 3.21. The maximum atomic E-state index is 13.0.